The van der Waals surface area contributed by atoms with Crippen LogP contribution in [0.3, 0.4) is 0 Å². The van der Waals surface area contributed by atoms with Crippen molar-refractivity contribution in [1.29, 1.82) is 0 Å². The molecule has 0 spiro atoms. The van der Waals surface area contributed by atoms with Gasteiger partial charge in [-0.3, -0.25) is 4.79 Å². The molecule has 0 saturated heterocycles. The van der Waals surface area contributed by atoms with Crippen molar-refractivity contribution in [3.05, 3.63) is 28.8 Å². The Kier molecular flexibility index (Phi) is 5.12. The molecule has 0 unspecified atom stereocenters. The average molecular weight is 241 g/mol. The minimum atomic E-state index is -0.195. The first-order chi connectivity index (χ1) is 7.66. The molecule has 0 aromatic heterocycles. The lowest BCUT2D eigenvalue weighted by molar-refractivity contribution is 0.0954. The van der Waals surface area contributed by atoms with E-state index in [1.165, 1.54) is 0 Å². The highest BCUT2D eigenvalue weighted by Gasteiger charge is 2.12. The van der Waals surface area contributed by atoms with Gasteiger partial charge in [-0.05, 0) is 18.6 Å². The summed E-state index contributed by atoms with van der Waals surface area (Å²) >= 11 is 5.92. The lowest BCUT2D eigenvalue weighted by atomic mass is 10.1. The third-order valence-electron chi connectivity index (χ3n) is 2.34. The van der Waals surface area contributed by atoms with Gasteiger partial charge in [-0.15, -0.1) is 0 Å². The van der Waals surface area contributed by atoms with E-state index < -0.39 is 0 Å². The van der Waals surface area contributed by atoms with Gasteiger partial charge in [-0.1, -0.05) is 37.4 Å². The molecule has 16 heavy (non-hydrogen) atoms. The Labute approximate surface area is 101 Å². The first kappa shape index (κ1) is 12.8. The second-order valence-electron chi connectivity index (χ2n) is 3.67. The maximum atomic E-state index is 11.8. The Morgan fingerprint density at radius 1 is 1.44 bits per heavy atom. The van der Waals surface area contributed by atoms with Gasteiger partial charge in [0.25, 0.3) is 5.91 Å². The van der Waals surface area contributed by atoms with Gasteiger partial charge >= 0.3 is 0 Å². The molecule has 3 nitrogen and oxygen atoms in total. The number of unbranched alkanes of at least 4 members (excludes halogenated alkanes) is 2. The van der Waals surface area contributed by atoms with Gasteiger partial charge < -0.3 is 11.1 Å². The minimum Gasteiger partial charge on any atom is -0.398 e. The first-order valence-electron chi connectivity index (χ1n) is 5.49. The molecule has 0 saturated carbocycles. The second-order valence-corrected chi connectivity index (χ2v) is 4.07. The summed E-state index contributed by atoms with van der Waals surface area (Å²) in [6.45, 7) is 2.78. The summed E-state index contributed by atoms with van der Waals surface area (Å²) < 4.78 is 0. The fourth-order valence-corrected chi connectivity index (χ4v) is 1.71. The van der Waals surface area contributed by atoms with E-state index in [1.807, 2.05) is 0 Å². The van der Waals surface area contributed by atoms with E-state index in [1.54, 1.807) is 18.2 Å². The number of hydrogen-bond donors (Lipinski definition) is 2. The lowest BCUT2D eigenvalue weighted by Crippen LogP contribution is -2.25. The average Bonchev–Trinajstić information content (AvgIpc) is 2.24. The Morgan fingerprint density at radius 3 is 2.81 bits per heavy atom. The SMILES string of the molecule is CCCCCNC(=O)c1c(N)cccc1Cl. The number of anilines is 1. The molecule has 0 fully saturated rings. The van der Waals surface area contributed by atoms with E-state index in [-0.39, 0.29) is 5.91 Å². The van der Waals surface area contributed by atoms with Crippen LogP contribution in [0.15, 0.2) is 18.2 Å². The van der Waals surface area contributed by atoms with E-state index in [0.717, 1.165) is 19.3 Å². The number of rotatable bonds is 5. The van der Waals surface area contributed by atoms with Crippen molar-refractivity contribution in [1.82, 2.24) is 5.32 Å². The van der Waals surface area contributed by atoms with Crippen molar-refractivity contribution in [3.63, 3.8) is 0 Å². The van der Waals surface area contributed by atoms with Crippen LogP contribution in [0, 0.1) is 0 Å². The molecule has 4 heteroatoms. The second kappa shape index (κ2) is 6.38. The maximum absolute atomic E-state index is 11.8. The summed E-state index contributed by atoms with van der Waals surface area (Å²) in [4.78, 5) is 11.8. The number of hydrogen-bond acceptors (Lipinski definition) is 2. The molecule has 1 aromatic carbocycles. The molecule has 0 atom stereocenters. The summed E-state index contributed by atoms with van der Waals surface area (Å²) in [6.07, 6.45) is 3.22. The van der Waals surface area contributed by atoms with Crippen molar-refractivity contribution >= 4 is 23.2 Å². The van der Waals surface area contributed by atoms with Gasteiger partial charge in [-0.2, -0.15) is 0 Å². The van der Waals surface area contributed by atoms with Crippen LogP contribution in [0.5, 0.6) is 0 Å². The summed E-state index contributed by atoms with van der Waals surface area (Å²) in [5.41, 5.74) is 6.50. The van der Waals surface area contributed by atoms with Gasteiger partial charge in [-0.25, -0.2) is 0 Å². The monoisotopic (exact) mass is 240 g/mol. The van der Waals surface area contributed by atoms with E-state index in [2.05, 4.69) is 12.2 Å². The zero-order valence-electron chi connectivity index (χ0n) is 9.42. The molecule has 1 amide bonds. The highest BCUT2D eigenvalue weighted by molar-refractivity contribution is 6.34. The smallest absolute Gasteiger partial charge is 0.254 e. The molecule has 1 rings (SSSR count). The van der Waals surface area contributed by atoms with Crippen molar-refractivity contribution in [2.24, 2.45) is 0 Å². The van der Waals surface area contributed by atoms with Gasteiger partial charge in [0.05, 0.1) is 10.6 Å². The number of nitrogens with two attached hydrogens (primary N) is 1. The molecule has 0 heterocycles. The summed E-state index contributed by atoms with van der Waals surface area (Å²) in [6, 6.07) is 5.07. The van der Waals surface area contributed by atoms with E-state index in [4.69, 9.17) is 17.3 Å². The zero-order valence-corrected chi connectivity index (χ0v) is 10.2. The Hall–Kier alpha value is -1.22. The fraction of sp³-hybridized carbons (Fsp3) is 0.417. The lowest BCUT2D eigenvalue weighted by Gasteiger charge is -2.08. The number of benzene rings is 1. The van der Waals surface area contributed by atoms with Crippen LogP contribution in [0.1, 0.15) is 36.5 Å². The number of carbonyl (C=O) groups is 1. The maximum Gasteiger partial charge on any atom is 0.254 e. The van der Waals surface area contributed by atoms with Crippen molar-refractivity contribution < 1.29 is 4.79 Å². The molecule has 0 aliphatic heterocycles. The van der Waals surface area contributed by atoms with Gasteiger partial charge in [0, 0.05) is 12.2 Å². The predicted octanol–water partition coefficient (Wildman–Crippen LogP) is 2.84. The van der Waals surface area contributed by atoms with Crippen LogP contribution >= 0.6 is 11.6 Å². The highest BCUT2D eigenvalue weighted by Crippen LogP contribution is 2.21. The van der Waals surface area contributed by atoms with Gasteiger partial charge in [0.1, 0.15) is 0 Å². The summed E-state index contributed by atoms with van der Waals surface area (Å²) in [5.74, 6) is -0.195. The topological polar surface area (TPSA) is 55.1 Å². The zero-order chi connectivity index (χ0) is 12.0. The quantitative estimate of drug-likeness (QED) is 0.614. The van der Waals surface area contributed by atoms with Crippen molar-refractivity contribution in [2.75, 3.05) is 12.3 Å². The third kappa shape index (κ3) is 3.42. The molecule has 0 bridgehead atoms. The molecule has 0 radical (unpaired) electrons. The van der Waals surface area contributed by atoms with Crippen LogP contribution < -0.4 is 11.1 Å². The van der Waals surface area contributed by atoms with Crippen LogP contribution in [-0.2, 0) is 0 Å². The van der Waals surface area contributed by atoms with E-state index in [9.17, 15) is 4.79 Å². The number of amides is 1. The number of halogens is 1. The minimum absolute atomic E-state index is 0.195. The molecule has 0 aliphatic carbocycles. The van der Waals surface area contributed by atoms with E-state index in [0.29, 0.717) is 22.8 Å². The predicted molar refractivity (Wildman–Crippen MR) is 67.7 cm³/mol. The van der Waals surface area contributed by atoms with Crippen LogP contribution in [0.25, 0.3) is 0 Å². The number of carbonyl (C=O) groups excluding carboxylic acids is 1. The third-order valence-corrected chi connectivity index (χ3v) is 2.65. The molecule has 0 aliphatic rings. The molecular formula is C12H17ClN2O. The first-order valence-corrected chi connectivity index (χ1v) is 5.86. The molecule has 88 valence electrons. The Bertz CT molecular complexity index is 346. The molecular weight excluding hydrogens is 224 g/mol. The van der Waals surface area contributed by atoms with Gasteiger partial charge in [0.2, 0.25) is 0 Å². The highest BCUT2D eigenvalue weighted by atomic mass is 35.5. The summed E-state index contributed by atoms with van der Waals surface area (Å²) in [5, 5.41) is 3.21. The molecule has 3 N–H and O–H groups in total. The summed E-state index contributed by atoms with van der Waals surface area (Å²) in [7, 11) is 0. The van der Waals surface area contributed by atoms with E-state index >= 15 is 0 Å². The number of nitrogen functional groups attached to an aromatic ring is 1. The number of nitrogens with one attached hydrogen (secondary N) is 1. The standard InChI is InChI=1S/C12H17ClN2O/c1-2-3-4-8-15-12(16)11-9(13)6-5-7-10(11)14/h5-7H,2-4,8,14H2,1H3,(H,15,16). The van der Waals surface area contributed by atoms with Crippen molar-refractivity contribution in [3.8, 4) is 0 Å². The Morgan fingerprint density at radius 2 is 2.19 bits per heavy atom. The normalized spacial score (nSPS) is 10.1. The Balaban J connectivity index is 2.59. The van der Waals surface area contributed by atoms with Crippen molar-refractivity contribution in [2.45, 2.75) is 26.2 Å². The largest absolute Gasteiger partial charge is 0.398 e. The van der Waals surface area contributed by atoms with Crippen LogP contribution in [-0.4, -0.2) is 12.5 Å². The van der Waals surface area contributed by atoms with Gasteiger partial charge in [0.15, 0.2) is 0 Å². The van der Waals surface area contributed by atoms with Crippen LogP contribution in [0.2, 0.25) is 5.02 Å². The molecule has 1 aromatic rings. The fourth-order valence-electron chi connectivity index (χ4n) is 1.45. The van der Waals surface area contributed by atoms with Crippen LogP contribution in [0.4, 0.5) is 5.69 Å².